The highest BCUT2D eigenvalue weighted by molar-refractivity contribution is 5.05. The Kier molecular flexibility index (Phi) is 1.37. The van der Waals surface area contributed by atoms with Crippen LogP contribution >= 0.6 is 0 Å². The molecule has 0 amide bonds. The van der Waals surface area contributed by atoms with Gasteiger partial charge >= 0.3 is 0 Å². The molecule has 3 aliphatic carbocycles. The maximum absolute atomic E-state index is 9.74. The van der Waals surface area contributed by atoms with Gasteiger partial charge in [-0.3, -0.25) is 0 Å². The van der Waals surface area contributed by atoms with Crippen molar-refractivity contribution in [3.05, 3.63) is 0 Å². The molecule has 0 aromatic carbocycles. The molecule has 0 spiro atoms. The van der Waals surface area contributed by atoms with Crippen LogP contribution in [0.1, 0.15) is 25.7 Å². The summed E-state index contributed by atoms with van der Waals surface area (Å²) in [5.41, 5.74) is 0. The standard InChI is InChI=1S/C10H16O2/c11-8-4-7-5-1-2-6(3-5)9(7)10(8)12/h5-12H,1-4H2/t5-,6+,7-,8-,9-,10-/m1/s1. The number of fused-ring (bicyclic) bond motifs is 5. The van der Waals surface area contributed by atoms with Gasteiger partial charge in [0.25, 0.3) is 0 Å². The van der Waals surface area contributed by atoms with E-state index in [0.29, 0.717) is 11.8 Å². The first-order chi connectivity index (χ1) is 5.77. The highest BCUT2D eigenvalue weighted by Crippen LogP contribution is 2.58. The average Bonchev–Trinajstić information content (AvgIpc) is 2.66. The first-order valence-corrected chi connectivity index (χ1v) is 5.13. The molecule has 0 unspecified atom stereocenters. The average molecular weight is 168 g/mol. The lowest BCUT2D eigenvalue weighted by Gasteiger charge is -2.25. The van der Waals surface area contributed by atoms with Gasteiger partial charge in [-0.25, -0.2) is 0 Å². The maximum atomic E-state index is 9.74. The smallest absolute Gasteiger partial charge is 0.0832 e. The van der Waals surface area contributed by atoms with Crippen molar-refractivity contribution in [1.29, 1.82) is 0 Å². The Balaban J connectivity index is 1.90. The van der Waals surface area contributed by atoms with Gasteiger partial charge in [0.1, 0.15) is 0 Å². The van der Waals surface area contributed by atoms with E-state index in [1.54, 1.807) is 0 Å². The lowest BCUT2D eigenvalue weighted by molar-refractivity contribution is 0.00654. The van der Waals surface area contributed by atoms with Gasteiger partial charge in [-0.05, 0) is 49.4 Å². The Morgan fingerprint density at radius 2 is 1.67 bits per heavy atom. The van der Waals surface area contributed by atoms with E-state index in [0.717, 1.165) is 18.3 Å². The fourth-order valence-electron chi connectivity index (χ4n) is 4.01. The predicted molar refractivity (Wildman–Crippen MR) is 44.4 cm³/mol. The van der Waals surface area contributed by atoms with Gasteiger partial charge in [-0.15, -0.1) is 0 Å². The minimum Gasteiger partial charge on any atom is -0.390 e. The van der Waals surface area contributed by atoms with E-state index in [1.165, 1.54) is 19.3 Å². The summed E-state index contributed by atoms with van der Waals surface area (Å²) >= 11 is 0. The Hall–Kier alpha value is -0.0800. The first-order valence-electron chi connectivity index (χ1n) is 5.13. The van der Waals surface area contributed by atoms with E-state index < -0.39 is 12.2 Å². The molecule has 3 aliphatic rings. The summed E-state index contributed by atoms with van der Waals surface area (Å²) in [5, 5.41) is 19.3. The summed E-state index contributed by atoms with van der Waals surface area (Å²) in [7, 11) is 0. The third-order valence-corrected chi connectivity index (χ3v) is 4.46. The molecule has 3 saturated carbocycles. The lowest BCUT2D eigenvalue weighted by Crippen LogP contribution is -2.29. The van der Waals surface area contributed by atoms with Crippen LogP contribution in [-0.2, 0) is 0 Å². The van der Waals surface area contributed by atoms with Crippen molar-refractivity contribution in [2.75, 3.05) is 0 Å². The van der Waals surface area contributed by atoms with Gasteiger partial charge in [-0.1, -0.05) is 0 Å². The van der Waals surface area contributed by atoms with E-state index in [1.807, 2.05) is 0 Å². The van der Waals surface area contributed by atoms with Gasteiger partial charge < -0.3 is 10.2 Å². The normalized spacial score (nSPS) is 62.5. The second kappa shape index (κ2) is 2.24. The minimum absolute atomic E-state index is 0.398. The zero-order valence-electron chi connectivity index (χ0n) is 7.19. The monoisotopic (exact) mass is 168 g/mol. The molecular weight excluding hydrogens is 152 g/mol. The molecule has 0 saturated heterocycles. The summed E-state index contributed by atoms with van der Waals surface area (Å²) in [5.74, 6) is 2.70. The summed E-state index contributed by atoms with van der Waals surface area (Å²) < 4.78 is 0. The van der Waals surface area contributed by atoms with Crippen molar-refractivity contribution in [3.8, 4) is 0 Å². The zero-order valence-corrected chi connectivity index (χ0v) is 7.19. The Morgan fingerprint density at radius 1 is 0.917 bits per heavy atom. The highest BCUT2D eigenvalue weighted by atomic mass is 16.3. The van der Waals surface area contributed by atoms with Crippen LogP contribution in [0.3, 0.4) is 0 Å². The number of rotatable bonds is 0. The second-order valence-electron chi connectivity index (χ2n) is 4.87. The van der Waals surface area contributed by atoms with Crippen LogP contribution < -0.4 is 0 Å². The van der Waals surface area contributed by atoms with Crippen molar-refractivity contribution < 1.29 is 10.2 Å². The molecule has 0 radical (unpaired) electrons. The maximum Gasteiger partial charge on any atom is 0.0832 e. The van der Waals surface area contributed by atoms with Crippen molar-refractivity contribution >= 4 is 0 Å². The minimum atomic E-state index is -0.414. The Labute approximate surface area is 72.6 Å². The number of aliphatic hydroxyl groups excluding tert-OH is 2. The molecule has 3 fully saturated rings. The van der Waals surface area contributed by atoms with Gasteiger partial charge in [0.15, 0.2) is 0 Å². The van der Waals surface area contributed by atoms with Crippen LogP contribution in [0, 0.1) is 23.7 Å². The quantitative estimate of drug-likeness (QED) is 0.561. The third-order valence-electron chi connectivity index (χ3n) is 4.46. The molecular formula is C10H16O2. The van der Waals surface area contributed by atoms with Crippen LogP contribution in [0.5, 0.6) is 0 Å². The number of hydrogen-bond donors (Lipinski definition) is 2. The molecule has 0 heterocycles. The molecule has 68 valence electrons. The van der Waals surface area contributed by atoms with Gasteiger partial charge in [0.2, 0.25) is 0 Å². The molecule has 2 nitrogen and oxygen atoms in total. The van der Waals surface area contributed by atoms with E-state index in [9.17, 15) is 10.2 Å². The molecule has 0 aromatic rings. The summed E-state index contributed by atoms with van der Waals surface area (Å²) in [4.78, 5) is 0. The second-order valence-corrected chi connectivity index (χ2v) is 4.87. The van der Waals surface area contributed by atoms with Crippen molar-refractivity contribution in [3.63, 3.8) is 0 Å². The largest absolute Gasteiger partial charge is 0.390 e. The molecule has 0 aliphatic heterocycles. The molecule has 2 heteroatoms. The van der Waals surface area contributed by atoms with Gasteiger partial charge in [-0.2, -0.15) is 0 Å². The fourth-order valence-corrected chi connectivity index (χ4v) is 4.01. The Morgan fingerprint density at radius 3 is 2.42 bits per heavy atom. The predicted octanol–water partition coefficient (Wildman–Crippen LogP) is 0.774. The van der Waals surface area contributed by atoms with E-state index in [-0.39, 0.29) is 0 Å². The SMILES string of the molecule is O[C@H]1[C@@H]2[C@H]3CC[C@H](C3)[C@H]2C[C@H]1O. The van der Waals surface area contributed by atoms with E-state index in [4.69, 9.17) is 0 Å². The molecule has 2 bridgehead atoms. The van der Waals surface area contributed by atoms with Crippen LogP contribution in [0.15, 0.2) is 0 Å². The number of hydrogen-bond acceptors (Lipinski definition) is 2. The van der Waals surface area contributed by atoms with Gasteiger partial charge in [0.05, 0.1) is 12.2 Å². The van der Waals surface area contributed by atoms with Crippen LogP contribution in [-0.4, -0.2) is 22.4 Å². The van der Waals surface area contributed by atoms with Crippen LogP contribution in [0.4, 0.5) is 0 Å². The van der Waals surface area contributed by atoms with Crippen LogP contribution in [0.25, 0.3) is 0 Å². The molecule has 12 heavy (non-hydrogen) atoms. The first kappa shape index (κ1) is 7.34. The third kappa shape index (κ3) is 0.728. The number of aliphatic hydroxyl groups is 2. The van der Waals surface area contributed by atoms with Crippen molar-refractivity contribution in [2.45, 2.75) is 37.9 Å². The topological polar surface area (TPSA) is 40.5 Å². The molecule has 6 atom stereocenters. The summed E-state index contributed by atoms with van der Waals surface area (Å²) in [6.07, 6.45) is 4.04. The Bertz CT molecular complexity index is 202. The van der Waals surface area contributed by atoms with E-state index >= 15 is 0 Å². The van der Waals surface area contributed by atoms with E-state index in [2.05, 4.69) is 0 Å². The van der Waals surface area contributed by atoms with Crippen LogP contribution in [0.2, 0.25) is 0 Å². The summed E-state index contributed by atoms with van der Waals surface area (Å²) in [6, 6.07) is 0. The molecule has 3 rings (SSSR count). The molecule has 0 aromatic heterocycles. The highest BCUT2D eigenvalue weighted by Gasteiger charge is 2.55. The van der Waals surface area contributed by atoms with Crippen molar-refractivity contribution in [1.82, 2.24) is 0 Å². The lowest BCUT2D eigenvalue weighted by atomic mass is 9.81. The molecule has 2 N–H and O–H groups in total. The fraction of sp³-hybridized carbons (Fsp3) is 1.00. The zero-order chi connectivity index (χ0) is 8.29. The summed E-state index contributed by atoms with van der Waals surface area (Å²) in [6.45, 7) is 0. The van der Waals surface area contributed by atoms with Gasteiger partial charge in [0, 0.05) is 0 Å². The van der Waals surface area contributed by atoms with Crippen molar-refractivity contribution in [2.24, 2.45) is 23.7 Å².